The number of thiophene rings is 1. The van der Waals surface area contributed by atoms with E-state index in [2.05, 4.69) is 11.6 Å². The van der Waals surface area contributed by atoms with Crippen LogP contribution in [0.25, 0.3) is 0 Å². The predicted octanol–water partition coefficient (Wildman–Crippen LogP) is 3.13. The van der Waals surface area contributed by atoms with Gasteiger partial charge in [0.2, 0.25) is 5.91 Å². The largest absolute Gasteiger partial charge is 0.497 e. The maximum Gasteiger partial charge on any atom is 0.249 e. The van der Waals surface area contributed by atoms with E-state index in [9.17, 15) is 4.79 Å². The summed E-state index contributed by atoms with van der Waals surface area (Å²) in [6, 6.07) is 9.74. The molecule has 2 aromatic rings. The topological polar surface area (TPSA) is 41.9 Å². The van der Waals surface area contributed by atoms with E-state index < -0.39 is 0 Å². The molecule has 3 rings (SSSR count). The van der Waals surface area contributed by atoms with Crippen molar-refractivity contribution >= 4 is 28.0 Å². The average Bonchev–Trinajstić information content (AvgIpc) is 2.97. The predicted molar refractivity (Wildman–Crippen MR) is 90.4 cm³/mol. The number of nitrogens with zero attached hydrogens (tertiary/aromatic N) is 2. The lowest BCUT2D eigenvalue weighted by Crippen LogP contribution is -2.31. The minimum absolute atomic E-state index is 0.00730. The van der Waals surface area contributed by atoms with Gasteiger partial charge in [0.25, 0.3) is 0 Å². The van der Waals surface area contributed by atoms with Crippen LogP contribution in [0.3, 0.4) is 0 Å². The van der Waals surface area contributed by atoms with E-state index in [4.69, 9.17) is 4.74 Å². The molecule has 0 spiro atoms. The first kappa shape index (κ1) is 14.5. The maximum atomic E-state index is 12.3. The number of hydrogen-bond donors (Lipinski definition) is 0. The summed E-state index contributed by atoms with van der Waals surface area (Å²) in [4.78, 5) is 18.6. The normalized spacial score (nSPS) is 14.1. The lowest BCUT2D eigenvalue weighted by atomic mass is 10.0. The molecule has 0 saturated carbocycles. The summed E-state index contributed by atoms with van der Waals surface area (Å²) in [6.07, 6.45) is 1.74. The summed E-state index contributed by atoms with van der Waals surface area (Å²) in [5.41, 5.74) is 2.82. The second-order valence-corrected chi connectivity index (χ2v) is 5.72. The molecule has 2 heterocycles. The second-order valence-electron chi connectivity index (χ2n) is 4.83. The van der Waals surface area contributed by atoms with Gasteiger partial charge >= 0.3 is 0 Å². The van der Waals surface area contributed by atoms with Crippen LogP contribution in [-0.2, 0) is 4.79 Å². The Balaban J connectivity index is 2.06. The molecule has 0 bridgehead atoms. The van der Waals surface area contributed by atoms with E-state index in [1.54, 1.807) is 29.4 Å². The molecule has 112 valence electrons. The molecule has 4 nitrogen and oxygen atoms in total. The zero-order chi connectivity index (χ0) is 15.5. The van der Waals surface area contributed by atoms with Crippen LogP contribution >= 0.6 is 11.3 Å². The Morgan fingerprint density at radius 2 is 2.14 bits per heavy atom. The molecule has 1 aromatic heterocycles. The van der Waals surface area contributed by atoms with Crippen molar-refractivity contribution in [2.45, 2.75) is 0 Å². The SMILES string of the molecule is C=CCN1C(=O)CN=C(c2ccc(OC)cc2)c2ccsc21. The van der Waals surface area contributed by atoms with Crippen LogP contribution in [-0.4, -0.2) is 31.8 Å². The highest BCUT2D eigenvalue weighted by Gasteiger charge is 2.25. The van der Waals surface area contributed by atoms with E-state index in [1.165, 1.54) is 0 Å². The first-order valence-corrected chi connectivity index (χ1v) is 7.80. The number of aliphatic imine (C=N–C) groups is 1. The van der Waals surface area contributed by atoms with Gasteiger partial charge in [-0.2, -0.15) is 0 Å². The van der Waals surface area contributed by atoms with Gasteiger partial charge in [-0.25, -0.2) is 0 Å². The highest BCUT2D eigenvalue weighted by Crippen LogP contribution is 2.32. The molecule has 0 atom stereocenters. The summed E-state index contributed by atoms with van der Waals surface area (Å²) in [7, 11) is 1.64. The zero-order valence-electron chi connectivity index (χ0n) is 12.3. The van der Waals surface area contributed by atoms with Crippen LogP contribution in [0.15, 0.2) is 53.4 Å². The van der Waals surface area contributed by atoms with Gasteiger partial charge in [-0.05, 0) is 35.7 Å². The van der Waals surface area contributed by atoms with Crippen molar-refractivity contribution in [2.24, 2.45) is 4.99 Å². The maximum absolute atomic E-state index is 12.3. The Hall–Kier alpha value is -2.40. The fourth-order valence-corrected chi connectivity index (χ4v) is 3.36. The molecule has 5 heteroatoms. The van der Waals surface area contributed by atoms with Crippen molar-refractivity contribution in [3.05, 3.63) is 59.5 Å². The number of amides is 1. The van der Waals surface area contributed by atoms with E-state index >= 15 is 0 Å². The van der Waals surface area contributed by atoms with Crippen LogP contribution in [0.1, 0.15) is 11.1 Å². The Kier molecular flexibility index (Phi) is 4.06. The van der Waals surface area contributed by atoms with E-state index in [-0.39, 0.29) is 12.5 Å². The molecule has 22 heavy (non-hydrogen) atoms. The summed E-state index contributed by atoms with van der Waals surface area (Å²) in [6.45, 7) is 4.38. The number of hydrogen-bond acceptors (Lipinski definition) is 4. The van der Waals surface area contributed by atoms with Gasteiger partial charge in [-0.1, -0.05) is 6.08 Å². The van der Waals surface area contributed by atoms with E-state index in [1.807, 2.05) is 35.7 Å². The average molecular weight is 312 g/mol. The molecule has 0 N–H and O–H groups in total. The lowest BCUT2D eigenvalue weighted by molar-refractivity contribution is -0.117. The third kappa shape index (κ3) is 2.55. The third-order valence-electron chi connectivity index (χ3n) is 3.49. The summed E-state index contributed by atoms with van der Waals surface area (Å²) >= 11 is 1.55. The number of benzene rings is 1. The number of ether oxygens (including phenoxy) is 1. The first-order valence-electron chi connectivity index (χ1n) is 6.92. The van der Waals surface area contributed by atoms with Gasteiger partial charge in [0.1, 0.15) is 17.3 Å². The minimum atomic E-state index is -0.00730. The van der Waals surface area contributed by atoms with Crippen LogP contribution in [0, 0.1) is 0 Å². The minimum Gasteiger partial charge on any atom is -0.497 e. The van der Waals surface area contributed by atoms with Crippen molar-refractivity contribution < 1.29 is 9.53 Å². The fourth-order valence-electron chi connectivity index (χ4n) is 2.43. The van der Waals surface area contributed by atoms with Crippen molar-refractivity contribution in [3.63, 3.8) is 0 Å². The Morgan fingerprint density at radius 1 is 1.36 bits per heavy atom. The van der Waals surface area contributed by atoms with Gasteiger partial charge in [0, 0.05) is 17.7 Å². The second kappa shape index (κ2) is 6.15. The van der Waals surface area contributed by atoms with Gasteiger partial charge in [0.05, 0.1) is 12.8 Å². The number of rotatable bonds is 4. The van der Waals surface area contributed by atoms with Crippen LogP contribution in [0.4, 0.5) is 5.00 Å². The van der Waals surface area contributed by atoms with Gasteiger partial charge in [0.15, 0.2) is 0 Å². The summed E-state index contributed by atoms with van der Waals surface area (Å²) in [5.74, 6) is 0.792. The Bertz CT molecular complexity index is 731. The Morgan fingerprint density at radius 3 is 2.82 bits per heavy atom. The van der Waals surface area contributed by atoms with E-state index in [0.29, 0.717) is 6.54 Å². The van der Waals surface area contributed by atoms with Crippen molar-refractivity contribution in [3.8, 4) is 5.75 Å². The molecule has 1 aliphatic heterocycles. The number of carbonyl (C=O) groups excluding carboxylic acids is 1. The van der Waals surface area contributed by atoms with Crippen LogP contribution < -0.4 is 9.64 Å². The smallest absolute Gasteiger partial charge is 0.249 e. The number of anilines is 1. The molecular formula is C17H16N2O2S. The standard InChI is InChI=1S/C17H16N2O2S/c1-3-9-19-15(20)11-18-16(14-8-10-22-17(14)19)12-4-6-13(21-2)7-5-12/h3-8,10H,1,9,11H2,2H3. The van der Waals surface area contributed by atoms with Crippen LogP contribution in [0.5, 0.6) is 5.75 Å². The molecule has 1 aliphatic rings. The molecule has 0 fully saturated rings. The quantitative estimate of drug-likeness (QED) is 0.814. The number of methoxy groups -OCH3 is 1. The number of fused-ring (bicyclic) bond motifs is 1. The van der Waals surface area contributed by atoms with Crippen LogP contribution in [0.2, 0.25) is 0 Å². The molecule has 0 aliphatic carbocycles. The fraction of sp³-hybridized carbons (Fsp3) is 0.176. The molecule has 1 amide bonds. The van der Waals surface area contributed by atoms with E-state index in [0.717, 1.165) is 27.6 Å². The molecule has 0 unspecified atom stereocenters. The van der Waals surface area contributed by atoms with Crippen molar-refractivity contribution in [1.82, 2.24) is 0 Å². The summed E-state index contributed by atoms with van der Waals surface area (Å²) in [5, 5.41) is 2.91. The first-order chi connectivity index (χ1) is 10.7. The third-order valence-corrected chi connectivity index (χ3v) is 4.43. The molecular weight excluding hydrogens is 296 g/mol. The molecule has 0 radical (unpaired) electrons. The lowest BCUT2D eigenvalue weighted by Gasteiger charge is -2.18. The molecule has 0 saturated heterocycles. The zero-order valence-corrected chi connectivity index (χ0v) is 13.1. The van der Waals surface area contributed by atoms with Crippen molar-refractivity contribution in [2.75, 3.05) is 25.1 Å². The molecule has 1 aromatic carbocycles. The van der Waals surface area contributed by atoms with Crippen molar-refractivity contribution in [1.29, 1.82) is 0 Å². The highest BCUT2D eigenvalue weighted by molar-refractivity contribution is 7.14. The van der Waals surface area contributed by atoms with Gasteiger partial charge in [-0.15, -0.1) is 17.9 Å². The Labute approximate surface area is 133 Å². The highest BCUT2D eigenvalue weighted by atomic mass is 32.1. The number of carbonyl (C=O) groups is 1. The van der Waals surface area contributed by atoms with Gasteiger partial charge < -0.3 is 4.74 Å². The summed E-state index contributed by atoms with van der Waals surface area (Å²) < 4.78 is 5.19. The monoisotopic (exact) mass is 312 g/mol. The van der Waals surface area contributed by atoms with Gasteiger partial charge in [-0.3, -0.25) is 14.7 Å².